The molecule has 1 aliphatic heterocycles. The minimum absolute atomic E-state index is 0.0418. The lowest BCUT2D eigenvalue weighted by molar-refractivity contribution is -0.139. The molecule has 0 aliphatic carbocycles. The van der Waals surface area contributed by atoms with Crippen molar-refractivity contribution in [2.24, 2.45) is 5.92 Å². The zero-order chi connectivity index (χ0) is 19.9. The van der Waals surface area contributed by atoms with Crippen molar-refractivity contribution in [2.75, 3.05) is 32.0 Å². The fourth-order valence-electron chi connectivity index (χ4n) is 3.09. The van der Waals surface area contributed by atoms with Gasteiger partial charge in [-0.05, 0) is 31.9 Å². The molecule has 1 atom stereocenters. The standard InChI is InChI=1S/C19H25N5O3S/c1-2-27-11-18(25)24-7-3-4-14(10-24)19(26)22-9-17-23-15(12-28-17)13-5-6-16(20)21-8-13/h5-6,8,12,14H,2-4,7,9-11H2,1H3,(H2,20,21)(H,22,26). The summed E-state index contributed by atoms with van der Waals surface area (Å²) >= 11 is 1.49. The first-order valence-corrected chi connectivity index (χ1v) is 10.2. The normalized spacial score (nSPS) is 16.8. The summed E-state index contributed by atoms with van der Waals surface area (Å²) in [5.74, 6) is 0.175. The number of aromatic nitrogens is 2. The molecule has 1 aliphatic rings. The summed E-state index contributed by atoms with van der Waals surface area (Å²) in [6.07, 6.45) is 3.29. The highest BCUT2D eigenvalue weighted by atomic mass is 32.1. The molecule has 28 heavy (non-hydrogen) atoms. The second kappa shape index (κ2) is 9.61. The van der Waals surface area contributed by atoms with Crippen LogP contribution >= 0.6 is 11.3 Å². The molecular formula is C19H25N5O3S. The van der Waals surface area contributed by atoms with E-state index in [0.29, 0.717) is 32.1 Å². The maximum Gasteiger partial charge on any atom is 0.248 e. The number of nitrogens with one attached hydrogen (secondary N) is 1. The van der Waals surface area contributed by atoms with E-state index < -0.39 is 0 Å². The van der Waals surface area contributed by atoms with Crippen LogP contribution in [0, 0.1) is 5.92 Å². The number of pyridine rings is 1. The summed E-state index contributed by atoms with van der Waals surface area (Å²) in [6, 6.07) is 3.60. The lowest BCUT2D eigenvalue weighted by atomic mass is 9.97. The molecule has 150 valence electrons. The van der Waals surface area contributed by atoms with E-state index in [1.165, 1.54) is 11.3 Å². The zero-order valence-electron chi connectivity index (χ0n) is 15.9. The first kappa shape index (κ1) is 20.2. The average Bonchev–Trinajstić information content (AvgIpc) is 3.20. The number of carbonyl (C=O) groups excluding carboxylic acids is 2. The summed E-state index contributed by atoms with van der Waals surface area (Å²) in [7, 11) is 0. The van der Waals surface area contributed by atoms with Crippen LogP contribution in [0.15, 0.2) is 23.7 Å². The highest BCUT2D eigenvalue weighted by molar-refractivity contribution is 7.09. The Morgan fingerprint density at radius 1 is 1.43 bits per heavy atom. The third-order valence-corrected chi connectivity index (χ3v) is 5.47. The third kappa shape index (κ3) is 5.26. The predicted octanol–water partition coefficient (Wildman–Crippen LogP) is 1.68. The fourth-order valence-corrected chi connectivity index (χ4v) is 3.83. The van der Waals surface area contributed by atoms with E-state index >= 15 is 0 Å². The summed E-state index contributed by atoms with van der Waals surface area (Å²) in [4.78, 5) is 35.0. The molecule has 0 radical (unpaired) electrons. The van der Waals surface area contributed by atoms with E-state index in [1.807, 2.05) is 18.4 Å². The van der Waals surface area contributed by atoms with Gasteiger partial charge in [-0.1, -0.05) is 0 Å². The number of anilines is 1. The minimum Gasteiger partial charge on any atom is -0.384 e. The summed E-state index contributed by atoms with van der Waals surface area (Å²) < 4.78 is 5.18. The maximum absolute atomic E-state index is 12.5. The Morgan fingerprint density at radius 2 is 2.29 bits per heavy atom. The highest BCUT2D eigenvalue weighted by Crippen LogP contribution is 2.22. The third-order valence-electron chi connectivity index (χ3n) is 4.62. The van der Waals surface area contributed by atoms with Crippen molar-refractivity contribution in [3.05, 3.63) is 28.7 Å². The molecular weight excluding hydrogens is 378 g/mol. The Bertz CT molecular complexity index is 808. The number of rotatable bonds is 7. The number of hydrogen-bond donors (Lipinski definition) is 2. The van der Waals surface area contributed by atoms with Gasteiger partial charge in [0.15, 0.2) is 0 Å². The number of likely N-dealkylation sites (tertiary alicyclic amines) is 1. The van der Waals surface area contributed by atoms with Crippen LogP contribution in [0.25, 0.3) is 11.3 Å². The molecule has 2 amide bonds. The molecule has 2 aromatic rings. The van der Waals surface area contributed by atoms with Gasteiger partial charge in [0, 0.05) is 36.8 Å². The van der Waals surface area contributed by atoms with Crippen molar-refractivity contribution in [3.8, 4) is 11.3 Å². The van der Waals surface area contributed by atoms with Crippen molar-refractivity contribution in [3.63, 3.8) is 0 Å². The van der Waals surface area contributed by atoms with Crippen LogP contribution < -0.4 is 11.1 Å². The van der Waals surface area contributed by atoms with Crippen molar-refractivity contribution < 1.29 is 14.3 Å². The van der Waals surface area contributed by atoms with Gasteiger partial charge in [0.05, 0.1) is 18.2 Å². The van der Waals surface area contributed by atoms with E-state index in [2.05, 4.69) is 15.3 Å². The Labute approximate surface area is 168 Å². The summed E-state index contributed by atoms with van der Waals surface area (Å²) in [6.45, 7) is 3.93. The molecule has 0 spiro atoms. The number of piperidine rings is 1. The molecule has 3 N–H and O–H groups in total. The Hall–Kier alpha value is -2.52. The van der Waals surface area contributed by atoms with E-state index in [-0.39, 0.29) is 24.3 Å². The van der Waals surface area contributed by atoms with Gasteiger partial charge in [-0.15, -0.1) is 11.3 Å². The Morgan fingerprint density at radius 3 is 3.04 bits per heavy atom. The van der Waals surface area contributed by atoms with Gasteiger partial charge >= 0.3 is 0 Å². The van der Waals surface area contributed by atoms with Crippen LogP contribution in [-0.4, -0.2) is 53.0 Å². The van der Waals surface area contributed by atoms with Gasteiger partial charge < -0.3 is 20.7 Å². The average molecular weight is 404 g/mol. The molecule has 3 rings (SSSR count). The highest BCUT2D eigenvalue weighted by Gasteiger charge is 2.28. The van der Waals surface area contributed by atoms with Crippen molar-refractivity contribution in [2.45, 2.75) is 26.3 Å². The molecule has 0 aromatic carbocycles. The number of hydrogen-bond acceptors (Lipinski definition) is 7. The van der Waals surface area contributed by atoms with E-state index in [1.54, 1.807) is 17.2 Å². The smallest absolute Gasteiger partial charge is 0.248 e. The first-order valence-electron chi connectivity index (χ1n) is 9.36. The lowest BCUT2D eigenvalue weighted by Gasteiger charge is -2.32. The quantitative estimate of drug-likeness (QED) is 0.728. The van der Waals surface area contributed by atoms with Crippen LogP contribution in [0.4, 0.5) is 5.82 Å². The molecule has 2 aromatic heterocycles. The molecule has 1 unspecified atom stereocenters. The van der Waals surface area contributed by atoms with E-state index in [9.17, 15) is 9.59 Å². The van der Waals surface area contributed by atoms with E-state index in [0.717, 1.165) is 29.1 Å². The van der Waals surface area contributed by atoms with Crippen LogP contribution in [0.1, 0.15) is 24.8 Å². The topological polar surface area (TPSA) is 110 Å². The monoisotopic (exact) mass is 403 g/mol. The number of nitrogens with zero attached hydrogens (tertiary/aromatic N) is 3. The largest absolute Gasteiger partial charge is 0.384 e. The van der Waals surface area contributed by atoms with Gasteiger partial charge in [-0.3, -0.25) is 9.59 Å². The second-order valence-corrected chi connectivity index (χ2v) is 7.57. The number of ether oxygens (including phenoxy) is 1. The molecule has 0 bridgehead atoms. The number of amides is 2. The van der Waals surface area contributed by atoms with Crippen molar-refractivity contribution in [1.29, 1.82) is 0 Å². The van der Waals surface area contributed by atoms with Crippen molar-refractivity contribution in [1.82, 2.24) is 20.2 Å². The van der Waals surface area contributed by atoms with Crippen molar-refractivity contribution >= 4 is 29.0 Å². The van der Waals surface area contributed by atoms with Gasteiger partial charge in [0.25, 0.3) is 0 Å². The maximum atomic E-state index is 12.5. The fraction of sp³-hybridized carbons (Fsp3) is 0.474. The number of nitrogen functional groups attached to an aromatic ring is 1. The van der Waals surface area contributed by atoms with E-state index in [4.69, 9.17) is 10.5 Å². The molecule has 0 saturated carbocycles. The number of thiazole rings is 1. The Balaban J connectivity index is 1.51. The number of carbonyl (C=O) groups is 2. The molecule has 3 heterocycles. The van der Waals surface area contributed by atoms with Crippen LogP contribution in [-0.2, 0) is 20.9 Å². The molecule has 8 nitrogen and oxygen atoms in total. The zero-order valence-corrected chi connectivity index (χ0v) is 16.7. The minimum atomic E-state index is -0.194. The van der Waals surface area contributed by atoms with Gasteiger partial charge in [0.1, 0.15) is 17.4 Å². The van der Waals surface area contributed by atoms with Crippen LogP contribution in [0.5, 0.6) is 0 Å². The second-order valence-electron chi connectivity index (χ2n) is 6.63. The molecule has 1 saturated heterocycles. The summed E-state index contributed by atoms with van der Waals surface area (Å²) in [5, 5.41) is 5.70. The number of nitrogens with two attached hydrogens (primary N) is 1. The predicted molar refractivity (Wildman–Crippen MR) is 107 cm³/mol. The lowest BCUT2D eigenvalue weighted by Crippen LogP contribution is -2.46. The SMILES string of the molecule is CCOCC(=O)N1CCCC(C(=O)NCc2nc(-c3ccc(N)nc3)cs2)C1. The van der Waals surface area contributed by atoms with Gasteiger partial charge in [-0.2, -0.15) is 0 Å². The van der Waals surface area contributed by atoms with Gasteiger partial charge in [-0.25, -0.2) is 9.97 Å². The van der Waals surface area contributed by atoms with Gasteiger partial charge in [0.2, 0.25) is 11.8 Å². The van der Waals surface area contributed by atoms with Crippen LogP contribution in [0.3, 0.4) is 0 Å². The molecule has 1 fully saturated rings. The molecule has 9 heteroatoms. The summed E-state index contributed by atoms with van der Waals surface area (Å²) in [5.41, 5.74) is 7.31. The van der Waals surface area contributed by atoms with Crippen LogP contribution in [0.2, 0.25) is 0 Å². The Kier molecular flexibility index (Phi) is 6.94. The first-order chi connectivity index (χ1) is 13.6.